The van der Waals surface area contributed by atoms with Crippen molar-refractivity contribution in [1.29, 1.82) is 0 Å². The lowest BCUT2D eigenvalue weighted by molar-refractivity contribution is -0.167. The molecule has 0 aromatic carbocycles. The van der Waals surface area contributed by atoms with Gasteiger partial charge in [-0.25, -0.2) is 0 Å². The van der Waals surface area contributed by atoms with Crippen LogP contribution in [0.4, 0.5) is 0 Å². The highest BCUT2D eigenvalue weighted by atomic mass is 16.6. The summed E-state index contributed by atoms with van der Waals surface area (Å²) in [7, 11) is 0. The third kappa shape index (κ3) is 52.4. The molecule has 1 atom stereocenters. The molecule has 0 saturated heterocycles. The topological polar surface area (TPSA) is 78.9 Å². The molecule has 0 rings (SSSR count). The molecule has 0 aromatic rings. The number of hydrogen-bond acceptors (Lipinski definition) is 6. The molecule has 0 amide bonds. The predicted octanol–water partition coefficient (Wildman–Crippen LogP) is 17.9. The van der Waals surface area contributed by atoms with Crippen molar-refractivity contribution in [3.05, 3.63) is 134 Å². The van der Waals surface area contributed by atoms with E-state index in [4.69, 9.17) is 14.2 Å². The number of ether oxygens (including phenoxy) is 3. The van der Waals surface area contributed by atoms with Gasteiger partial charge >= 0.3 is 17.9 Å². The highest BCUT2D eigenvalue weighted by molar-refractivity contribution is 5.71. The van der Waals surface area contributed by atoms with E-state index in [9.17, 15) is 14.4 Å². The fraction of sp³-hybridized carbons (Fsp3) is 0.590. The van der Waals surface area contributed by atoms with Crippen LogP contribution in [0.5, 0.6) is 0 Å². The number of rotatable bonds is 46. The van der Waals surface area contributed by atoms with Crippen LogP contribution in [-0.2, 0) is 28.6 Å². The van der Waals surface area contributed by atoms with Gasteiger partial charge in [-0.3, -0.25) is 14.4 Å². The van der Waals surface area contributed by atoms with Gasteiger partial charge in [-0.2, -0.15) is 0 Å². The average molecular weight is 925 g/mol. The van der Waals surface area contributed by atoms with Crippen molar-refractivity contribution in [3.63, 3.8) is 0 Å². The van der Waals surface area contributed by atoms with E-state index in [1.165, 1.54) is 38.5 Å². The maximum atomic E-state index is 12.8. The standard InChI is InChI=1S/C61H96O6/c1-4-7-10-13-16-19-22-25-28-31-34-36-39-42-45-48-51-54-60(63)66-57-58(67-61(64)55-52-49-46-43-40-37-33-30-27-24-21-18-15-12-9-6-3)56-65-59(62)53-50-47-44-41-38-35-32-29-26-23-20-17-14-11-8-5-2/h8-9,11-12,16-21,25-30,34,36-37,40,42,45,58H,4-7,10,13-15,22-24,31-33,35,38-39,41,43-44,46-57H2,1-3H3/b11-8-,12-9-,19-16-,20-17-,21-18-,28-25-,29-26-,30-27-,36-34-,40-37-,45-42-. The zero-order valence-corrected chi connectivity index (χ0v) is 42.9. The van der Waals surface area contributed by atoms with Gasteiger partial charge in [-0.1, -0.05) is 199 Å². The molecular formula is C61H96O6. The molecule has 0 spiro atoms. The molecule has 0 bridgehead atoms. The van der Waals surface area contributed by atoms with Crippen molar-refractivity contribution >= 4 is 17.9 Å². The largest absolute Gasteiger partial charge is 0.462 e. The smallest absolute Gasteiger partial charge is 0.306 e. The van der Waals surface area contributed by atoms with Crippen molar-refractivity contribution in [2.45, 2.75) is 219 Å². The van der Waals surface area contributed by atoms with Crippen LogP contribution >= 0.6 is 0 Å². The molecule has 376 valence electrons. The van der Waals surface area contributed by atoms with Gasteiger partial charge in [-0.05, 0) is 128 Å². The fourth-order valence-electron chi connectivity index (χ4n) is 6.67. The van der Waals surface area contributed by atoms with Gasteiger partial charge in [0.2, 0.25) is 0 Å². The Morgan fingerprint density at radius 2 is 0.597 bits per heavy atom. The number of carbonyl (C=O) groups is 3. The number of allylic oxidation sites excluding steroid dienone is 22. The molecular weight excluding hydrogens is 829 g/mol. The van der Waals surface area contributed by atoms with E-state index in [1.54, 1.807) is 0 Å². The lowest BCUT2D eigenvalue weighted by Crippen LogP contribution is -2.30. The van der Waals surface area contributed by atoms with Crippen LogP contribution in [0, 0.1) is 0 Å². The van der Waals surface area contributed by atoms with Gasteiger partial charge in [0.15, 0.2) is 6.10 Å². The summed E-state index contributed by atoms with van der Waals surface area (Å²) in [6.45, 7) is 6.28. The lowest BCUT2D eigenvalue weighted by atomic mass is 10.1. The van der Waals surface area contributed by atoms with Crippen molar-refractivity contribution in [1.82, 2.24) is 0 Å². The Balaban J connectivity index is 4.58. The van der Waals surface area contributed by atoms with Crippen LogP contribution in [0.25, 0.3) is 0 Å². The van der Waals surface area contributed by atoms with E-state index in [-0.39, 0.29) is 44.0 Å². The molecule has 0 aromatic heterocycles. The fourth-order valence-corrected chi connectivity index (χ4v) is 6.67. The number of esters is 3. The van der Waals surface area contributed by atoms with Gasteiger partial charge in [0, 0.05) is 19.3 Å². The molecule has 1 unspecified atom stereocenters. The number of unbranched alkanes of at least 4 members (excludes halogenated alkanes) is 13. The molecule has 0 aliphatic carbocycles. The van der Waals surface area contributed by atoms with Gasteiger partial charge in [-0.15, -0.1) is 0 Å². The van der Waals surface area contributed by atoms with E-state index < -0.39 is 6.10 Å². The first kappa shape index (κ1) is 62.5. The minimum absolute atomic E-state index is 0.120. The van der Waals surface area contributed by atoms with E-state index >= 15 is 0 Å². The third-order valence-corrected chi connectivity index (χ3v) is 10.6. The summed E-state index contributed by atoms with van der Waals surface area (Å²) in [5, 5.41) is 0. The Morgan fingerprint density at radius 1 is 0.313 bits per heavy atom. The minimum Gasteiger partial charge on any atom is -0.462 e. The molecule has 6 heteroatoms. The van der Waals surface area contributed by atoms with Gasteiger partial charge in [0.1, 0.15) is 13.2 Å². The van der Waals surface area contributed by atoms with E-state index in [0.29, 0.717) is 19.3 Å². The van der Waals surface area contributed by atoms with Crippen molar-refractivity contribution < 1.29 is 28.6 Å². The Labute approximate surface area is 411 Å². The zero-order chi connectivity index (χ0) is 48.6. The van der Waals surface area contributed by atoms with E-state index in [0.717, 1.165) is 122 Å². The Morgan fingerprint density at radius 3 is 0.985 bits per heavy atom. The summed E-state index contributed by atoms with van der Waals surface area (Å²) in [4.78, 5) is 38.0. The summed E-state index contributed by atoms with van der Waals surface area (Å²) in [5.41, 5.74) is 0. The van der Waals surface area contributed by atoms with Gasteiger partial charge < -0.3 is 14.2 Å². The normalized spacial score (nSPS) is 13.2. The Bertz CT molecular complexity index is 1480. The van der Waals surface area contributed by atoms with Crippen LogP contribution in [0.3, 0.4) is 0 Å². The summed E-state index contributed by atoms with van der Waals surface area (Å²) in [6, 6.07) is 0. The first-order valence-corrected chi connectivity index (χ1v) is 26.7. The molecule has 0 N–H and O–H groups in total. The van der Waals surface area contributed by atoms with Crippen LogP contribution in [-0.4, -0.2) is 37.2 Å². The second-order valence-corrected chi connectivity index (χ2v) is 17.0. The lowest BCUT2D eigenvalue weighted by Gasteiger charge is -2.18. The maximum Gasteiger partial charge on any atom is 0.306 e. The van der Waals surface area contributed by atoms with Crippen LogP contribution in [0.15, 0.2) is 134 Å². The van der Waals surface area contributed by atoms with Crippen molar-refractivity contribution in [2.24, 2.45) is 0 Å². The third-order valence-electron chi connectivity index (χ3n) is 10.6. The summed E-state index contributed by atoms with van der Waals surface area (Å²) >= 11 is 0. The van der Waals surface area contributed by atoms with E-state index in [2.05, 4.69) is 154 Å². The van der Waals surface area contributed by atoms with Gasteiger partial charge in [0.25, 0.3) is 0 Å². The number of carbonyl (C=O) groups excluding carboxylic acids is 3. The number of hydrogen-bond donors (Lipinski definition) is 0. The van der Waals surface area contributed by atoms with Crippen LogP contribution in [0.2, 0.25) is 0 Å². The average Bonchev–Trinajstić information content (AvgIpc) is 3.33. The maximum absolute atomic E-state index is 12.8. The SMILES string of the molecule is CC/C=C\C/C=C\C/C=C\C/C=C\CCCCCC(=O)OC(COC(=O)CCC/C=C\C/C=C\C/C=C\C/C=C\CCCCC)COC(=O)CCCCCCCC/C=C\C/C=C\C/C=C\CC. The monoisotopic (exact) mass is 925 g/mol. The summed E-state index contributed by atoms with van der Waals surface area (Å²) < 4.78 is 16.7. The quantitative estimate of drug-likeness (QED) is 0.0262. The Hall–Kier alpha value is -4.45. The first-order chi connectivity index (χ1) is 33.0. The molecule has 0 aliphatic heterocycles. The molecule has 0 radical (unpaired) electrons. The molecule has 0 saturated carbocycles. The summed E-state index contributed by atoms with van der Waals surface area (Å²) in [6.07, 6.45) is 75.8. The second-order valence-electron chi connectivity index (χ2n) is 17.0. The highest BCUT2D eigenvalue weighted by Crippen LogP contribution is 2.12. The molecule has 6 nitrogen and oxygen atoms in total. The van der Waals surface area contributed by atoms with Crippen molar-refractivity contribution in [2.75, 3.05) is 13.2 Å². The molecule has 0 fully saturated rings. The highest BCUT2D eigenvalue weighted by Gasteiger charge is 2.19. The van der Waals surface area contributed by atoms with E-state index in [1.807, 2.05) is 0 Å². The first-order valence-electron chi connectivity index (χ1n) is 26.7. The van der Waals surface area contributed by atoms with Gasteiger partial charge in [0.05, 0.1) is 0 Å². The van der Waals surface area contributed by atoms with Crippen LogP contribution in [0.1, 0.15) is 213 Å². The zero-order valence-electron chi connectivity index (χ0n) is 42.9. The van der Waals surface area contributed by atoms with Crippen molar-refractivity contribution in [3.8, 4) is 0 Å². The summed E-state index contributed by atoms with van der Waals surface area (Å²) in [5.74, 6) is -1.03. The molecule has 0 aliphatic rings. The molecule has 67 heavy (non-hydrogen) atoms. The predicted molar refractivity (Wildman–Crippen MR) is 288 cm³/mol. The molecule has 0 heterocycles. The Kier molecular flexibility index (Phi) is 50.6. The van der Waals surface area contributed by atoms with Crippen LogP contribution < -0.4 is 0 Å². The second kappa shape index (κ2) is 54.2. The minimum atomic E-state index is -0.827.